The van der Waals surface area contributed by atoms with Crippen molar-refractivity contribution in [2.45, 2.75) is 32.5 Å². The molecule has 1 aliphatic heterocycles. The Hall–Kier alpha value is -1.80. The molecule has 19 heavy (non-hydrogen) atoms. The Morgan fingerprint density at radius 2 is 1.68 bits per heavy atom. The van der Waals surface area contributed by atoms with E-state index in [1.165, 1.54) is 5.56 Å². The van der Waals surface area contributed by atoms with Crippen LogP contribution in [0.25, 0.3) is 0 Å². The maximum absolute atomic E-state index is 10.3. The molecule has 2 nitrogen and oxygen atoms in total. The van der Waals surface area contributed by atoms with Gasteiger partial charge in [-0.2, -0.15) is 0 Å². The molecule has 1 N–H and O–H groups in total. The quantitative estimate of drug-likeness (QED) is 0.837. The summed E-state index contributed by atoms with van der Waals surface area (Å²) in [6.07, 6.45) is 0.0974. The van der Waals surface area contributed by atoms with Crippen LogP contribution in [0.15, 0.2) is 42.5 Å². The number of aliphatic hydroxyl groups excluding tert-OH is 1. The van der Waals surface area contributed by atoms with Gasteiger partial charge in [-0.25, -0.2) is 0 Å². The fourth-order valence-corrected chi connectivity index (χ4v) is 2.55. The summed E-state index contributed by atoms with van der Waals surface area (Å²) >= 11 is 0. The van der Waals surface area contributed by atoms with Gasteiger partial charge in [-0.1, -0.05) is 41.5 Å². The van der Waals surface area contributed by atoms with E-state index in [-0.39, 0.29) is 6.10 Å². The molecule has 0 fully saturated rings. The summed E-state index contributed by atoms with van der Waals surface area (Å²) in [5, 5.41) is 10.3. The van der Waals surface area contributed by atoms with Gasteiger partial charge in [0, 0.05) is 12.0 Å². The molecule has 0 aliphatic carbocycles. The van der Waals surface area contributed by atoms with E-state index in [0.29, 0.717) is 6.42 Å². The number of rotatable bonds is 1. The minimum Gasteiger partial charge on any atom is -0.485 e. The van der Waals surface area contributed by atoms with Gasteiger partial charge >= 0.3 is 0 Å². The number of benzene rings is 2. The van der Waals surface area contributed by atoms with E-state index < -0.39 is 6.10 Å². The number of hydrogen-bond acceptors (Lipinski definition) is 2. The van der Waals surface area contributed by atoms with Crippen molar-refractivity contribution in [1.29, 1.82) is 0 Å². The average Bonchev–Trinajstić information content (AvgIpc) is 2.40. The Morgan fingerprint density at radius 1 is 1.00 bits per heavy atom. The first kappa shape index (κ1) is 12.2. The number of fused-ring (bicyclic) bond motifs is 1. The molecule has 0 spiro atoms. The van der Waals surface area contributed by atoms with Gasteiger partial charge < -0.3 is 9.84 Å². The van der Waals surface area contributed by atoms with Crippen LogP contribution in [0.4, 0.5) is 0 Å². The van der Waals surface area contributed by atoms with Crippen LogP contribution in [0.5, 0.6) is 5.75 Å². The highest BCUT2D eigenvalue weighted by molar-refractivity contribution is 5.41. The average molecular weight is 254 g/mol. The van der Waals surface area contributed by atoms with Crippen molar-refractivity contribution < 1.29 is 9.84 Å². The summed E-state index contributed by atoms with van der Waals surface area (Å²) in [6.45, 7) is 4.09. The van der Waals surface area contributed by atoms with Crippen LogP contribution >= 0.6 is 0 Å². The van der Waals surface area contributed by atoms with Gasteiger partial charge in [0.2, 0.25) is 0 Å². The summed E-state index contributed by atoms with van der Waals surface area (Å²) in [5.74, 6) is 0.801. The molecule has 0 aromatic heterocycles. The third-order valence-corrected chi connectivity index (χ3v) is 3.68. The number of aliphatic hydroxyl groups is 1. The Morgan fingerprint density at radius 3 is 2.42 bits per heavy atom. The van der Waals surface area contributed by atoms with E-state index in [2.05, 4.69) is 31.2 Å². The second-order valence-corrected chi connectivity index (χ2v) is 5.31. The topological polar surface area (TPSA) is 29.5 Å². The molecule has 0 amide bonds. The van der Waals surface area contributed by atoms with E-state index >= 15 is 0 Å². The lowest BCUT2D eigenvalue weighted by molar-refractivity contribution is 0.0657. The Kier molecular flexibility index (Phi) is 3.03. The Balaban J connectivity index is 1.92. The maximum atomic E-state index is 10.3. The van der Waals surface area contributed by atoms with Gasteiger partial charge in [0.25, 0.3) is 0 Å². The van der Waals surface area contributed by atoms with Crippen LogP contribution < -0.4 is 4.74 Å². The van der Waals surface area contributed by atoms with Gasteiger partial charge in [0.05, 0.1) is 6.10 Å². The molecule has 0 saturated heterocycles. The van der Waals surface area contributed by atoms with E-state index in [1.807, 2.05) is 25.1 Å². The molecule has 0 bridgehead atoms. The predicted octanol–water partition coefficient (Wildman–Crippen LogP) is 3.86. The second kappa shape index (κ2) is 4.71. The van der Waals surface area contributed by atoms with Crippen molar-refractivity contribution in [3.05, 3.63) is 64.7 Å². The molecule has 0 radical (unpaired) electrons. The van der Waals surface area contributed by atoms with Gasteiger partial charge in [-0.15, -0.1) is 0 Å². The van der Waals surface area contributed by atoms with Crippen molar-refractivity contribution in [3.8, 4) is 5.75 Å². The first-order valence-corrected chi connectivity index (χ1v) is 6.65. The molecule has 1 aliphatic rings. The third kappa shape index (κ3) is 2.36. The highest BCUT2D eigenvalue weighted by Crippen LogP contribution is 2.40. The molecule has 2 aromatic rings. The van der Waals surface area contributed by atoms with E-state index in [0.717, 1.165) is 22.4 Å². The molecular weight excluding hydrogens is 236 g/mol. The van der Waals surface area contributed by atoms with Crippen LogP contribution in [0.2, 0.25) is 0 Å². The van der Waals surface area contributed by atoms with Crippen molar-refractivity contribution >= 4 is 0 Å². The monoisotopic (exact) mass is 254 g/mol. The van der Waals surface area contributed by atoms with Crippen LogP contribution in [0.3, 0.4) is 0 Å². The highest BCUT2D eigenvalue weighted by atomic mass is 16.5. The second-order valence-electron chi connectivity index (χ2n) is 5.31. The highest BCUT2D eigenvalue weighted by Gasteiger charge is 2.27. The van der Waals surface area contributed by atoms with Crippen molar-refractivity contribution in [1.82, 2.24) is 0 Å². The zero-order valence-electron chi connectivity index (χ0n) is 11.3. The first-order chi connectivity index (χ1) is 9.13. The van der Waals surface area contributed by atoms with E-state index in [4.69, 9.17) is 4.74 Å². The van der Waals surface area contributed by atoms with Gasteiger partial charge in [0.1, 0.15) is 11.9 Å². The predicted molar refractivity (Wildman–Crippen MR) is 75.3 cm³/mol. The lowest BCUT2D eigenvalue weighted by Gasteiger charge is -2.30. The lowest BCUT2D eigenvalue weighted by atomic mass is 9.94. The number of aryl methyl sites for hydroxylation is 2. The summed E-state index contributed by atoms with van der Waals surface area (Å²) in [5.41, 5.74) is 4.41. The molecular formula is C17H18O2. The van der Waals surface area contributed by atoms with E-state index in [1.54, 1.807) is 0 Å². The lowest BCUT2D eigenvalue weighted by Crippen LogP contribution is -2.19. The molecule has 2 atom stereocenters. The summed E-state index contributed by atoms with van der Waals surface area (Å²) in [4.78, 5) is 0. The van der Waals surface area contributed by atoms with Gasteiger partial charge in [0.15, 0.2) is 0 Å². The summed E-state index contributed by atoms with van der Waals surface area (Å²) in [7, 11) is 0. The normalized spacial score (nSPS) is 21.6. The minimum atomic E-state index is -0.449. The fourth-order valence-electron chi connectivity index (χ4n) is 2.55. The fraction of sp³-hybridized carbons (Fsp3) is 0.294. The zero-order valence-corrected chi connectivity index (χ0v) is 11.3. The number of hydrogen-bond donors (Lipinski definition) is 1. The number of ether oxygens (including phenoxy) is 1. The molecule has 0 saturated carbocycles. The van der Waals surface area contributed by atoms with Crippen molar-refractivity contribution in [2.24, 2.45) is 0 Å². The molecule has 1 heterocycles. The van der Waals surface area contributed by atoms with Crippen LogP contribution in [-0.2, 0) is 0 Å². The standard InChI is InChI=1S/C17H18O2/c1-11-3-6-13(7-4-11)17-10-15(18)14-9-12(2)5-8-16(14)19-17/h3-9,15,17-18H,10H2,1-2H3/t15-,17?/m0/s1. The largest absolute Gasteiger partial charge is 0.485 e. The Labute approximate surface area is 113 Å². The van der Waals surface area contributed by atoms with E-state index in [9.17, 15) is 5.11 Å². The molecule has 1 unspecified atom stereocenters. The molecule has 2 aromatic carbocycles. The molecule has 98 valence electrons. The first-order valence-electron chi connectivity index (χ1n) is 6.65. The van der Waals surface area contributed by atoms with Crippen molar-refractivity contribution in [2.75, 3.05) is 0 Å². The van der Waals surface area contributed by atoms with Crippen LogP contribution in [0, 0.1) is 13.8 Å². The van der Waals surface area contributed by atoms with Gasteiger partial charge in [-0.05, 0) is 31.5 Å². The molecule has 2 heteroatoms. The maximum Gasteiger partial charge on any atom is 0.127 e. The summed E-state index contributed by atoms with van der Waals surface area (Å²) in [6, 6.07) is 14.3. The van der Waals surface area contributed by atoms with Crippen LogP contribution in [-0.4, -0.2) is 5.11 Å². The van der Waals surface area contributed by atoms with Crippen LogP contribution in [0.1, 0.15) is 40.9 Å². The SMILES string of the molecule is Cc1ccc(C2C[C@H](O)c3cc(C)ccc3O2)cc1. The van der Waals surface area contributed by atoms with Crippen molar-refractivity contribution in [3.63, 3.8) is 0 Å². The smallest absolute Gasteiger partial charge is 0.127 e. The minimum absolute atomic E-state index is 0.0641. The third-order valence-electron chi connectivity index (χ3n) is 3.68. The molecule has 3 rings (SSSR count). The summed E-state index contributed by atoms with van der Waals surface area (Å²) < 4.78 is 6.02. The van der Waals surface area contributed by atoms with Gasteiger partial charge in [-0.3, -0.25) is 0 Å². The Bertz CT molecular complexity index is 587. The zero-order chi connectivity index (χ0) is 13.4.